The second-order valence-corrected chi connectivity index (χ2v) is 7.37. The van der Waals surface area contributed by atoms with Crippen molar-refractivity contribution in [3.63, 3.8) is 0 Å². The number of hydrogen-bond acceptors (Lipinski definition) is 4. The molecule has 0 saturated heterocycles. The van der Waals surface area contributed by atoms with Crippen LogP contribution in [0.25, 0.3) is 17.4 Å². The summed E-state index contributed by atoms with van der Waals surface area (Å²) in [6, 6.07) is 12.7. The second kappa shape index (κ2) is 7.87. The molecule has 1 aliphatic rings. The number of amides is 2. The van der Waals surface area contributed by atoms with Gasteiger partial charge < -0.3 is 4.42 Å². The quantitative estimate of drug-likeness (QED) is 0.548. The lowest BCUT2D eigenvalue weighted by Gasteiger charge is -2.28. The molecule has 1 aromatic heterocycles. The summed E-state index contributed by atoms with van der Waals surface area (Å²) in [6.45, 7) is 5.66. The number of halogens is 1. The van der Waals surface area contributed by atoms with Gasteiger partial charge in [-0.3, -0.25) is 14.5 Å². The third-order valence-corrected chi connectivity index (χ3v) is 4.76. The number of carbonyl (C=O) groups is 2. The first-order valence-corrected chi connectivity index (χ1v) is 9.25. The van der Waals surface area contributed by atoms with Crippen LogP contribution in [0.2, 0.25) is 5.02 Å². The van der Waals surface area contributed by atoms with E-state index in [1.54, 1.807) is 31.2 Å². The molecule has 0 radical (unpaired) electrons. The van der Waals surface area contributed by atoms with Crippen LogP contribution < -0.4 is 0 Å². The van der Waals surface area contributed by atoms with E-state index in [1.165, 1.54) is 0 Å². The van der Waals surface area contributed by atoms with Crippen LogP contribution in [0.3, 0.4) is 0 Å². The summed E-state index contributed by atoms with van der Waals surface area (Å²) in [6.07, 6.45) is 1.56. The Hall–Kier alpha value is -3.10. The van der Waals surface area contributed by atoms with Crippen molar-refractivity contribution in [1.82, 2.24) is 4.90 Å². The molecule has 0 bridgehead atoms. The molecule has 0 aliphatic carbocycles. The van der Waals surface area contributed by atoms with Gasteiger partial charge in [-0.1, -0.05) is 37.6 Å². The zero-order chi connectivity index (χ0) is 20.4. The first-order valence-electron chi connectivity index (χ1n) is 8.87. The van der Waals surface area contributed by atoms with Crippen LogP contribution in [0.1, 0.15) is 26.5 Å². The molecule has 6 heteroatoms. The maximum atomic E-state index is 12.9. The number of hydrogen-bond donors (Lipinski definition) is 0. The fraction of sp³-hybridized carbons (Fsp3) is 0.227. The molecule has 2 heterocycles. The highest BCUT2D eigenvalue weighted by Crippen LogP contribution is 2.32. The summed E-state index contributed by atoms with van der Waals surface area (Å²) in [5, 5.41) is 9.96. The number of furan rings is 1. The Bertz CT molecular complexity index is 1050. The van der Waals surface area contributed by atoms with Crippen molar-refractivity contribution in [3.05, 3.63) is 63.9 Å². The van der Waals surface area contributed by atoms with Gasteiger partial charge in [0.1, 0.15) is 23.2 Å². The molecule has 28 heavy (non-hydrogen) atoms. The molecule has 142 valence electrons. The van der Waals surface area contributed by atoms with Gasteiger partial charge in [-0.2, -0.15) is 5.26 Å². The van der Waals surface area contributed by atoms with Crippen LogP contribution >= 0.6 is 11.6 Å². The van der Waals surface area contributed by atoms with Gasteiger partial charge in [0, 0.05) is 17.7 Å². The average molecular weight is 395 g/mol. The third-order valence-electron chi connectivity index (χ3n) is 4.43. The fourth-order valence-electron chi connectivity index (χ4n) is 3.04. The maximum Gasteiger partial charge on any atom is 0.271 e. The van der Waals surface area contributed by atoms with E-state index < -0.39 is 11.8 Å². The summed E-state index contributed by atoms with van der Waals surface area (Å²) in [5.74, 6) is 0.118. The lowest BCUT2D eigenvalue weighted by molar-refractivity contribution is -0.141. The largest absolute Gasteiger partial charge is 0.457 e. The highest BCUT2D eigenvalue weighted by molar-refractivity contribution is 6.33. The van der Waals surface area contributed by atoms with E-state index in [0.29, 0.717) is 22.1 Å². The summed E-state index contributed by atoms with van der Waals surface area (Å²) in [5.41, 5.74) is 1.35. The minimum absolute atomic E-state index is 0.0237. The molecule has 0 N–H and O–H groups in total. The molecule has 0 unspecified atom stereocenters. The van der Waals surface area contributed by atoms with Gasteiger partial charge >= 0.3 is 0 Å². The van der Waals surface area contributed by atoms with Crippen molar-refractivity contribution in [1.29, 1.82) is 5.26 Å². The summed E-state index contributed by atoms with van der Waals surface area (Å²) in [7, 11) is 0. The summed E-state index contributed by atoms with van der Waals surface area (Å²) in [4.78, 5) is 26.5. The molecule has 1 aliphatic heterocycles. The SMILES string of the molecule is CC1=C(C#N)C(=O)N(CC(C)C)C(=O)/C1=C/c1ccc(-c2ccccc2Cl)o1. The Morgan fingerprint density at radius 3 is 2.54 bits per heavy atom. The average Bonchev–Trinajstić information content (AvgIpc) is 3.11. The molecule has 5 nitrogen and oxygen atoms in total. The van der Waals surface area contributed by atoms with Crippen LogP contribution in [0.15, 0.2) is 57.5 Å². The van der Waals surface area contributed by atoms with Crippen molar-refractivity contribution in [2.75, 3.05) is 6.54 Å². The van der Waals surface area contributed by atoms with E-state index >= 15 is 0 Å². The Balaban J connectivity index is 2.04. The minimum Gasteiger partial charge on any atom is -0.457 e. The molecular formula is C22H19ClN2O3. The molecular weight excluding hydrogens is 376 g/mol. The number of carbonyl (C=O) groups excluding carboxylic acids is 2. The van der Waals surface area contributed by atoms with Crippen LogP contribution in [-0.2, 0) is 9.59 Å². The van der Waals surface area contributed by atoms with Gasteiger partial charge in [-0.25, -0.2) is 0 Å². The highest BCUT2D eigenvalue weighted by atomic mass is 35.5. The topological polar surface area (TPSA) is 74.3 Å². The van der Waals surface area contributed by atoms with Gasteiger partial charge in [0.05, 0.1) is 5.02 Å². The number of imide groups is 1. The first kappa shape index (κ1) is 19.7. The van der Waals surface area contributed by atoms with Gasteiger partial charge in [-0.05, 0) is 48.8 Å². The second-order valence-electron chi connectivity index (χ2n) is 6.97. The molecule has 2 aromatic rings. The third kappa shape index (κ3) is 3.64. The Kier molecular flexibility index (Phi) is 5.53. The van der Waals surface area contributed by atoms with E-state index in [0.717, 1.165) is 10.5 Å². The minimum atomic E-state index is -0.549. The fourth-order valence-corrected chi connectivity index (χ4v) is 3.27. The van der Waals surface area contributed by atoms with Gasteiger partial charge in [0.15, 0.2) is 0 Å². The summed E-state index contributed by atoms with van der Waals surface area (Å²) < 4.78 is 5.84. The lowest BCUT2D eigenvalue weighted by atomic mass is 9.94. The van der Waals surface area contributed by atoms with Crippen molar-refractivity contribution in [2.45, 2.75) is 20.8 Å². The Morgan fingerprint density at radius 1 is 1.18 bits per heavy atom. The van der Waals surface area contributed by atoms with Crippen LogP contribution in [0, 0.1) is 17.2 Å². The zero-order valence-electron chi connectivity index (χ0n) is 15.8. The predicted octanol–water partition coefficient (Wildman–Crippen LogP) is 4.85. The van der Waals surface area contributed by atoms with Crippen molar-refractivity contribution >= 4 is 29.5 Å². The standard InChI is InChI=1S/C22H19ClN2O3/c1-13(2)12-25-21(26)17(14(3)18(11-24)22(25)27)10-15-8-9-20(28-15)16-6-4-5-7-19(16)23/h4-10,13H,12H2,1-3H3/b17-10+. The van der Waals surface area contributed by atoms with E-state index in [2.05, 4.69) is 0 Å². The number of benzene rings is 1. The Labute approximate surface area is 168 Å². The normalized spacial score (nSPS) is 16.3. The maximum absolute atomic E-state index is 12.9. The number of nitriles is 1. The van der Waals surface area contributed by atoms with Crippen LogP contribution in [-0.4, -0.2) is 23.3 Å². The van der Waals surface area contributed by atoms with Gasteiger partial charge in [-0.15, -0.1) is 0 Å². The number of nitrogens with zero attached hydrogens (tertiary/aromatic N) is 2. The van der Waals surface area contributed by atoms with Gasteiger partial charge in [0.2, 0.25) is 0 Å². The monoisotopic (exact) mass is 394 g/mol. The van der Waals surface area contributed by atoms with E-state index in [1.807, 2.05) is 38.1 Å². The molecule has 0 saturated carbocycles. The van der Waals surface area contributed by atoms with E-state index in [4.69, 9.17) is 16.0 Å². The predicted molar refractivity (Wildman–Crippen MR) is 107 cm³/mol. The van der Waals surface area contributed by atoms with Crippen molar-refractivity contribution < 1.29 is 14.0 Å². The van der Waals surface area contributed by atoms with Crippen LogP contribution in [0.5, 0.6) is 0 Å². The van der Waals surface area contributed by atoms with Crippen LogP contribution in [0.4, 0.5) is 0 Å². The smallest absolute Gasteiger partial charge is 0.271 e. The molecule has 0 fully saturated rings. The molecule has 0 spiro atoms. The molecule has 2 amide bonds. The van der Waals surface area contributed by atoms with Crippen molar-refractivity contribution in [2.24, 2.45) is 5.92 Å². The van der Waals surface area contributed by atoms with Gasteiger partial charge in [0.25, 0.3) is 11.8 Å². The zero-order valence-corrected chi connectivity index (χ0v) is 16.6. The lowest BCUT2D eigenvalue weighted by Crippen LogP contribution is -2.44. The molecule has 0 atom stereocenters. The van der Waals surface area contributed by atoms with E-state index in [-0.39, 0.29) is 23.6 Å². The molecule has 3 rings (SSSR count). The van der Waals surface area contributed by atoms with E-state index in [9.17, 15) is 14.9 Å². The first-order chi connectivity index (χ1) is 13.3. The molecule has 1 aromatic carbocycles. The summed E-state index contributed by atoms with van der Waals surface area (Å²) >= 11 is 6.21. The van der Waals surface area contributed by atoms with Crippen molar-refractivity contribution in [3.8, 4) is 17.4 Å². The highest BCUT2D eigenvalue weighted by Gasteiger charge is 2.35. The Morgan fingerprint density at radius 2 is 1.89 bits per heavy atom. The number of rotatable bonds is 4.